The number of nitrogens with two attached hydrogens (primary N) is 1. The van der Waals surface area contributed by atoms with Crippen LogP contribution in [0.5, 0.6) is 17.5 Å². The lowest BCUT2D eigenvalue weighted by Gasteiger charge is -2.10. The molecule has 0 radical (unpaired) electrons. The van der Waals surface area contributed by atoms with Crippen molar-refractivity contribution in [2.75, 3.05) is 12.3 Å². The van der Waals surface area contributed by atoms with Gasteiger partial charge in [-0.05, 0) is 37.0 Å². The van der Waals surface area contributed by atoms with E-state index < -0.39 is 11.6 Å². The second-order valence-electron chi connectivity index (χ2n) is 4.98. The largest absolute Gasteiger partial charge is 0.476 e. The summed E-state index contributed by atoms with van der Waals surface area (Å²) in [6, 6.07) is 6.00. The number of aromatic nitrogens is 1. The maximum atomic E-state index is 13.5. The smallest absolute Gasteiger partial charge is 0.240 e. The monoisotopic (exact) mass is 292 g/mol. The van der Waals surface area contributed by atoms with Gasteiger partial charge in [-0.15, -0.1) is 0 Å². The molecule has 2 N–H and O–H groups in total. The standard InChI is InChI=1S/C15H14F2N2O2/c16-10-3-4-11(17)13(7-10)21-14-6-5-12(18)15(19-14)20-8-9-1-2-9/h3-7,9H,1-2,8,18H2. The van der Waals surface area contributed by atoms with Gasteiger partial charge in [0.2, 0.25) is 11.8 Å². The second-order valence-corrected chi connectivity index (χ2v) is 4.98. The average molecular weight is 292 g/mol. The van der Waals surface area contributed by atoms with E-state index in [0.29, 0.717) is 18.2 Å². The van der Waals surface area contributed by atoms with Crippen LogP contribution in [0.1, 0.15) is 12.8 Å². The summed E-state index contributed by atoms with van der Waals surface area (Å²) in [5, 5.41) is 0. The third-order valence-corrected chi connectivity index (χ3v) is 3.12. The molecule has 4 nitrogen and oxygen atoms in total. The lowest BCUT2D eigenvalue weighted by Crippen LogP contribution is -2.04. The summed E-state index contributed by atoms with van der Waals surface area (Å²) >= 11 is 0. The zero-order valence-electron chi connectivity index (χ0n) is 11.2. The summed E-state index contributed by atoms with van der Waals surface area (Å²) in [6.07, 6.45) is 2.29. The van der Waals surface area contributed by atoms with Gasteiger partial charge >= 0.3 is 0 Å². The molecule has 1 aromatic carbocycles. The summed E-state index contributed by atoms with van der Waals surface area (Å²) in [5.41, 5.74) is 6.14. The molecule has 3 rings (SSSR count). The molecule has 0 amide bonds. The minimum absolute atomic E-state index is 0.0968. The molecule has 1 aliphatic carbocycles. The number of nitrogen functional groups attached to an aromatic ring is 1. The molecule has 110 valence electrons. The molecule has 0 bridgehead atoms. The zero-order valence-corrected chi connectivity index (χ0v) is 11.2. The van der Waals surface area contributed by atoms with Crippen LogP contribution in [0.2, 0.25) is 0 Å². The molecule has 1 aliphatic rings. The first kappa shape index (κ1) is 13.6. The summed E-state index contributed by atoms with van der Waals surface area (Å²) in [6.45, 7) is 0.551. The van der Waals surface area contributed by atoms with Gasteiger partial charge in [-0.1, -0.05) is 0 Å². The second kappa shape index (κ2) is 5.55. The van der Waals surface area contributed by atoms with E-state index >= 15 is 0 Å². The first-order chi connectivity index (χ1) is 10.1. The molecule has 0 unspecified atom stereocenters. The van der Waals surface area contributed by atoms with E-state index in [9.17, 15) is 8.78 Å². The van der Waals surface area contributed by atoms with Crippen molar-refractivity contribution in [1.82, 2.24) is 4.98 Å². The van der Waals surface area contributed by atoms with Gasteiger partial charge in [-0.25, -0.2) is 8.78 Å². The van der Waals surface area contributed by atoms with Crippen LogP contribution in [0.3, 0.4) is 0 Å². The third kappa shape index (κ3) is 3.39. The van der Waals surface area contributed by atoms with E-state index in [1.165, 1.54) is 6.07 Å². The predicted octanol–water partition coefficient (Wildman–Crippen LogP) is 3.52. The first-order valence-electron chi connectivity index (χ1n) is 6.64. The van der Waals surface area contributed by atoms with Gasteiger partial charge < -0.3 is 15.2 Å². The van der Waals surface area contributed by atoms with Crippen molar-refractivity contribution in [2.45, 2.75) is 12.8 Å². The van der Waals surface area contributed by atoms with Gasteiger partial charge in [-0.2, -0.15) is 4.98 Å². The van der Waals surface area contributed by atoms with Crippen molar-refractivity contribution in [3.63, 3.8) is 0 Å². The highest BCUT2D eigenvalue weighted by Crippen LogP contribution is 2.32. The molecule has 1 fully saturated rings. The van der Waals surface area contributed by atoms with Crippen molar-refractivity contribution in [3.05, 3.63) is 42.0 Å². The van der Waals surface area contributed by atoms with E-state index in [2.05, 4.69) is 4.98 Å². The van der Waals surface area contributed by atoms with Gasteiger partial charge in [0.25, 0.3) is 0 Å². The van der Waals surface area contributed by atoms with Crippen LogP contribution in [0.15, 0.2) is 30.3 Å². The Bertz CT molecular complexity index is 660. The summed E-state index contributed by atoms with van der Waals surface area (Å²) in [4.78, 5) is 4.08. The van der Waals surface area contributed by atoms with Crippen molar-refractivity contribution < 1.29 is 18.3 Å². The maximum absolute atomic E-state index is 13.5. The number of hydrogen-bond donors (Lipinski definition) is 1. The minimum Gasteiger partial charge on any atom is -0.476 e. The average Bonchev–Trinajstić information content (AvgIpc) is 3.27. The molecule has 21 heavy (non-hydrogen) atoms. The van der Waals surface area contributed by atoms with E-state index in [1.54, 1.807) is 6.07 Å². The van der Waals surface area contributed by atoms with Crippen LogP contribution >= 0.6 is 0 Å². The van der Waals surface area contributed by atoms with E-state index in [1.807, 2.05) is 0 Å². The number of nitrogens with zero attached hydrogens (tertiary/aromatic N) is 1. The molecule has 0 aliphatic heterocycles. The molecular formula is C15H14F2N2O2. The zero-order chi connectivity index (χ0) is 14.8. The van der Waals surface area contributed by atoms with E-state index in [-0.39, 0.29) is 17.5 Å². The molecule has 1 saturated carbocycles. The van der Waals surface area contributed by atoms with E-state index in [4.69, 9.17) is 15.2 Å². The fourth-order valence-corrected chi connectivity index (χ4v) is 1.76. The molecule has 0 spiro atoms. The highest BCUT2D eigenvalue weighted by molar-refractivity contribution is 5.49. The molecule has 0 saturated heterocycles. The Kier molecular flexibility index (Phi) is 3.60. The predicted molar refractivity (Wildman–Crippen MR) is 73.3 cm³/mol. The molecule has 1 aromatic heterocycles. The Labute approximate surface area is 120 Å². The normalized spacial score (nSPS) is 14.0. The Morgan fingerprint density at radius 2 is 2.00 bits per heavy atom. The van der Waals surface area contributed by atoms with Crippen LogP contribution in [-0.4, -0.2) is 11.6 Å². The summed E-state index contributed by atoms with van der Waals surface area (Å²) < 4.78 is 37.4. The van der Waals surface area contributed by atoms with Crippen LogP contribution in [0.25, 0.3) is 0 Å². The fourth-order valence-electron chi connectivity index (χ4n) is 1.76. The quantitative estimate of drug-likeness (QED) is 0.916. The number of pyridine rings is 1. The Balaban J connectivity index is 1.78. The van der Waals surface area contributed by atoms with Gasteiger partial charge in [0.15, 0.2) is 11.6 Å². The molecular weight excluding hydrogens is 278 g/mol. The number of anilines is 1. The van der Waals surface area contributed by atoms with Crippen molar-refractivity contribution in [2.24, 2.45) is 5.92 Å². The number of ether oxygens (including phenoxy) is 2. The molecule has 6 heteroatoms. The van der Waals surface area contributed by atoms with Gasteiger partial charge in [0.1, 0.15) is 5.82 Å². The summed E-state index contributed by atoms with van der Waals surface area (Å²) in [7, 11) is 0. The van der Waals surface area contributed by atoms with Gasteiger partial charge in [0, 0.05) is 12.1 Å². The lowest BCUT2D eigenvalue weighted by atomic mass is 10.3. The molecule has 1 heterocycles. The molecule has 0 atom stereocenters. The number of hydrogen-bond acceptors (Lipinski definition) is 4. The first-order valence-corrected chi connectivity index (χ1v) is 6.64. The van der Waals surface area contributed by atoms with Crippen molar-refractivity contribution in [1.29, 1.82) is 0 Å². The van der Waals surface area contributed by atoms with Crippen LogP contribution in [0.4, 0.5) is 14.5 Å². The lowest BCUT2D eigenvalue weighted by molar-refractivity contribution is 0.286. The Hall–Kier alpha value is -2.37. The van der Waals surface area contributed by atoms with Crippen LogP contribution in [-0.2, 0) is 0 Å². The van der Waals surface area contributed by atoms with Crippen LogP contribution in [0, 0.1) is 17.6 Å². The van der Waals surface area contributed by atoms with Crippen molar-refractivity contribution in [3.8, 4) is 17.5 Å². The van der Waals surface area contributed by atoms with E-state index in [0.717, 1.165) is 31.0 Å². The number of rotatable bonds is 5. The SMILES string of the molecule is Nc1ccc(Oc2cc(F)ccc2F)nc1OCC1CC1. The topological polar surface area (TPSA) is 57.4 Å². The summed E-state index contributed by atoms with van der Waals surface area (Å²) in [5.74, 6) is -0.602. The van der Waals surface area contributed by atoms with Gasteiger partial charge in [-0.3, -0.25) is 0 Å². The molecule has 2 aromatic rings. The maximum Gasteiger partial charge on any atom is 0.240 e. The third-order valence-electron chi connectivity index (χ3n) is 3.12. The minimum atomic E-state index is -0.671. The number of benzene rings is 1. The fraction of sp³-hybridized carbons (Fsp3) is 0.267. The van der Waals surface area contributed by atoms with Crippen molar-refractivity contribution >= 4 is 5.69 Å². The Morgan fingerprint density at radius 1 is 1.19 bits per heavy atom. The van der Waals surface area contributed by atoms with Crippen LogP contribution < -0.4 is 15.2 Å². The Morgan fingerprint density at radius 3 is 2.76 bits per heavy atom. The highest BCUT2D eigenvalue weighted by atomic mass is 19.1. The van der Waals surface area contributed by atoms with Gasteiger partial charge in [0.05, 0.1) is 12.3 Å². The number of halogens is 2. The highest BCUT2D eigenvalue weighted by Gasteiger charge is 2.22.